The summed E-state index contributed by atoms with van der Waals surface area (Å²) in [6.07, 6.45) is 5.37. The van der Waals surface area contributed by atoms with Crippen molar-refractivity contribution in [1.29, 1.82) is 0 Å². The molecule has 1 saturated carbocycles. The van der Waals surface area contributed by atoms with Crippen molar-refractivity contribution in [2.45, 2.75) is 97.4 Å². The Morgan fingerprint density at radius 1 is 1.17 bits per heavy atom. The van der Waals surface area contributed by atoms with Crippen LogP contribution in [0.3, 0.4) is 0 Å². The number of alkyl carbamates (subject to hydrolysis) is 1. The number of benzene rings is 1. The topological polar surface area (TPSA) is 87.7 Å². The Bertz CT molecular complexity index is 869. The summed E-state index contributed by atoms with van der Waals surface area (Å²) in [6, 6.07) is 6.36. The van der Waals surface area contributed by atoms with Crippen LogP contribution in [-0.4, -0.2) is 59.0 Å². The molecule has 0 aromatic heterocycles. The van der Waals surface area contributed by atoms with Crippen molar-refractivity contribution in [2.24, 2.45) is 5.92 Å². The van der Waals surface area contributed by atoms with Crippen molar-refractivity contribution in [1.82, 2.24) is 15.5 Å². The number of amides is 3. The van der Waals surface area contributed by atoms with Crippen LogP contribution in [0.2, 0.25) is 0 Å². The van der Waals surface area contributed by atoms with Crippen molar-refractivity contribution < 1.29 is 19.1 Å². The van der Waals surface area contributed by atoms with Gasteiger partial charge in [-0.15, -0.1) is 0 Å². The number of rotatable bonds is 13. The maximum Gasteiger partial charge on any atom is 0.408 e. The van der Waals surface area contributed by atoms with Crippen LogP contribution in [0.25, 0.3) is 0 Å². The van der Waals surface area contributed by atoms with Crippen molar-refractivity contribution in [3.8, 4) is 0 Å². The summed E-state index contributed by atoms with van der Waals surface area (Å²) in [5.74, 6) is 0.566. The molecular weight excluding hydrogens is 474 g/mol. The Labute approximate surface area is 221 Å². The normalized spacial score (nSPS) is 18.6. The zero-order chi connectivity index (χ0) is 26.9. The maximum atomic E-state index is 14.1. The molecule has 1 aromatic rings. The van der Waals surface area contributed by atoms with Crippen molar-refractivity contribution in [3.63, 3.8) is 0 Å². The number of hydrogen-bond acceptors (Lipinski definition) is 5. The van der Waals surface area contributed by atoms with Crippen molar-refractivity contribution in [2.75, 3.05) is 18.6 Å². The van der Waals surface area contributed by atoms with Gasteiger partial charge in [-0.1, -0.05) is 51.5 Å². The van der Waals surface area contributed by atoms with E-state index in [0.717, 1.165) is 31.2 Å². The second kappa shape index (κ2) is 13.9. The largest absolute Gasteiger partial charge is 0.444 e. The molecule has 1 aromatic carbocycles. The van der Waals surface area contributed by atoms with E-state index in [1.165, 1.54) is 5.56 Å². The van der Waals surface area contributed by atoms with Gasteiger partial charge in [0.15, 0.2) is 0 Å². The molecule has 4 unspecified atom stereocenters. The Hall–Kier alpha value is -2.22. The lowest BCUT2D eigenvalue weighted by atomic mass is 9.99. The third kappa shape index (κ3) is 9.02. The number of nitrogens with zero attached hydrogens (tertiary/aromatic N) is 1. The van der Waals surface area contributed by atoms with Crippen LogP contribution in [0.1, 0.15) is 84.4 Å². The quantitative estimate of drug-likeness (QED) is 0.355. The maximum absolute atomic E-state index is 14.1. The Morgan fingerprint density at radius 3 is 2.31 bits per heavy atom. The first-order valence-corrected chi connectivity index (χ1v) is 14.6. The van der Waals surface area contributed by atoms with Gasteiger partial charge in [0, 0.05) is 12.6 Å². The molecule has 0 spiro atoms. The molecule has 1 aliphatic rings. The summed E-state index contributed by atoms with van der Waals surface area (Å²) in [5.41, 5.74) is 1.28. The highest BCUT2D eigenvalue weighted by Crippen LogP contribution is 2.41. The Morgan fingerprint density at radius 2 is 1.81 bits per heavy atom. The van der Waals surface area contributed by atoms with Gasteiger partial charge in [-0.25, -0.2) is 4.79 Å². The van der Waals surface area contributed by atoms with Gasteiger partial charge in [-0.3, -0.25) is 9.59 Å². The van der Waals surface area contributed by atoms with Crippen LogP contribution in [0.15, 0.2) is 24.3 Å². The zero-order valence-electron chi connectivity index (χ0n) is 23.1. The van der Waals surface area contributed by atoms with Gasteiger partial charge >= 0.3 is 6.09 Å². The second-order valence-corrected chi connectivity index (χ2v) is 11.6. The number of nitrogens with one attached hydrogen (secondary N) is 2. The molecule has 8 heteroatoms. The number of hydrogen-bond donors (Lipinski definition) is 2. The van der Waals surface area contributed by atoms with Gasteiger partial charge in [0.25, 0.3) is 0 Å². The molecule has 2 rings (SSSR count). The first-order valence-electron chi connectivity index (χ1n) is 13.2. The van der Waals surface area contributed by atoms with Gasteiger partial charge in [-0.05, 0) is 75.5 Å². The van der Waals surface area contributed by atoms with Crippen LogP contribution in [0, 0.1) is 5.92 Å². The number of unbranched alkanes of at least 4 members (excludes halogenated alkanes) is 1. The molecule has 2 N–H and O–H groups in total. The van der Waals surface area contributed by atoms with Gasteiger partial charge < -0.3 is 20.3 Å². The van der Waals surface area contributed by atoms with Gasteiger partial charge in [0.1, 0.15) is 17.7 Å². The van der Waals surface area contributed by atoms with E-state index in [4.69, 9.17) is 4.74 Å². The lowest BCUT2D eigenvalue weighted by Crippen LogP contribution is -2.54. The zero-order valence-corrected chi connectivity index (χ0v) is 23.9. The Kier molecular flexibility index (Phi) is 11.6. The molecule has 202 valence electrons. The lowest BCUT2D eigenvalue weighted by Gasteiger charge is -2.35. The fourth-order valence-corrected chi connectivity index (χ4v) is 4.63. The van der Waals surface area contributed by atoms with E-state index < -0.39 is 23.8 Å². The monoisotopic (exact) mass is 519 g/mol. The van der Waals surface area contributed by atoms with E-state index in [1.807, 2.05) is 30.5 Å². The highest BCUT2D eigenvalue weighted by atomic mass is 32.2. The van der Waals surface area contributed by atoms with Crippen LogP contribution >= 0.6 is 11.8 Å². The molecule has 3 amide bonds. The third-order valence-corrected chi connectivity index (χ3v) is 6.98. The third-order valence-electron chi connectivity index (χ3n) is 6.34. The summed E-state index contributed by atoms with van der Waals surface area (Å²) < 4.78 is 5.45. The van der Waals surface area contributed by atoms with Crippen molar-refractivity contribution in [3.05, 3.63) is 35.4 Å². The van der Waals surface area contributed by atoms with Crippen LogP contribution in [0.5, 0.6) is 0 Å². The predicted octanol–water partition coefficient (Wildman–Crippen LogP) is 5.09. The van der Waals surface area contributed by atoms with E-state index in [0.29, 0.717) is 18.7 Å². The standard InChI is InChI=1S/C28H45N3O4S/c1-8-10-16-29-25(32)24(21-13-11-20(9-2)12-14-21)31(23-18-19(23)3)26(33)22(15-17-36-7)30-27(34)35-28(4,5)6/h11-14,19,22-24H,8-10,15-18H2,1-7H3,(H,29,32)(H,30,34). The minimum Gasteiger partial charge on any atom is -0.444 e. The van der Waals surface area contributed by atoms with E-state index in [1.54, 1.807) is 37.4 Å². The minimum absolute atomic E-state index is 0.0532. The van der Waals surface area contributed by atoms with Crippen molar-refractivity contribution >= 4 is 29.7 Å². The summed E-state index contributed by atoms with van der Waals surface area (Å²) in [7, 11) is 0. The predicted molar refractivity (Wildman–Crippen MR) is 147 cm³/mol. The van der Waals surface area contributed by atoms with Crippen LogP contribution in [0.4, 0.5) is 4.79 Å². The Balaban J connectivity index is 2.43. The lowest BCUT2D eigenvalue weighted by molar-refractivity contribution is -0.143. The molecule has 36 heavy (non-hydrogen) atoms. The molecule has 0 radical (unpaired) electrons. The number of carbonyl (C=O) groups is 3. The molecule has 1 fully saturated rings. The smallest absolute Gasteiger partial charge is 0.408 e. The first-order chi connectivity index (χ1) is 17.0. The highest BCUT2D eigenvalue weighted by Gasteiger charge is 2.48. The van der Waals surface area contributed by atoms with Gasteiger partial charge in [0.05, 0.1) is 0 Å². The summed E-state index contributed by atoms with van der Waals surface area (Å²) in [5, 5.41) is 5.85. The van der Waals surface area contributed by atoms with Crippen LogP contribution in [-0.2, 0) is 20.7 Å². The number of ether oxygens (including phenoxy) is 1. The van der Waals surface area contributed by atoms with Gasteiger partial charge in [-0.2, -0.15) is 11.8 Å². The second-order valence-electron chi connectivity index (χ2n) is 10.6. The average molecular weight is 520 g/mol. The molecule has 0 saturated heterocycles. The summed E-state index contributed by atoms with van der Waals surface area (Å²) >= 11 is 1.61. The molecule has 7 nitrogen and oxygen atoms in total. The van der Waals surface area contributed by atoms with E-state index >= 15 is 0 Å². The summed E-state index contributed by atoms with van der Waals surface area (Å²) in [6.45, 7) is 12.2. The number of aryl methyl sites for hydroxylation is 1. The van der Waals surface area contributed by atoms with E-state index in [-0.39, 0.29) is 23.8 Å². The molecule has 0 heterocycles. The molecule has 0 bridgehead atoms. The molecule has 0 aliphatic heterocycles. The first kappa shape index (κ1) is 30.0. The van der Waals surface area contributed by atoms with Gasteiger partial charge in [0.2, 0.25) is 11.8 Å². The number of carbonyl (C=O) groups excluding carboxylic acids is 3. The van der Waals surface area contributed by atoms with E-state index in [9.17, 15) is 14.4 Å². The van der Waals surface area contributed by atoms with Crippen LogP contribution < -0.4 is 10.6 Å². The fraction of sp³-hybridized carbons (Fsp3) is 0.679. The average Bonchev–Trinajstić information content (AvgIpc) is 3.54. The molecule has 4 atom stereocenters. The summed E-state index contributed by atoms with van der Waals surface area (Å²) in [4.78, 5) is 42.1. The molecule has 1 aliphatic carbocycles. The van der Waals surface area contributed by atoms with E-state index in [2.05, 4.69) is 31.4 Å². The molecular formula is C28H45N3O4S. The highest BCUT2D eigenvalue weighted by molar-refractivity contribution is 7.98. The SMILES string of the molecule is CCCCNC(=O)C(c1ccc(CC)cc1)N(C(=O)C(CCSC)NC(=O)OC(C)(C)C)C1CC1C. The number of thioether (sulfide) groups is 1. The fourth-order valence-electron chi connectivity index (χ4n) is 4.15. The minimum atomic E-state index is -0.777.